The molecule has 0 amide bonds. The Morgan fingerprint density at radius 2 is 1.81 bits per heavy atom. The van der Waals surface area contributed by atoms with Gasteiger partial charge in [-0.05, 0) is 60.4 Å². The molecule has 2 aromatic rings. The first-order valence-electron chi connectivity index (χ1n) is 7.28. The normalized spacial score (nSPS) is 10.7. The summed E-state index contributed by atoms with van der Waals surface area (Å²) in [5.41, 5.74) is 3.68. The van der Waals surface area contributed by atoms with E-state index in [4.69, 9.17) is 4.74 Å². The zero-order valence-electron chi connectivity index (χ0n) is 12.8. The molecule has 0 aliphatic rings. The molecule has 0 atom stereocenters. The highest BCUT2D eigenvalue weighted by Gasteiger charge is 2.03. The van der Waals surface area contributed by atoms with E-state index >= 15 is 0 Å². The number of anilines is 1. The van der Waals surface area contributed by atoms with Crippen molar-refractivity contribution in [2.75, 3.05) is 18.5 Å². The summed E-state index contributed by atoms with van der Waals surface area (Å²) in [7, 11) is 0. The molecular formula is C18H22BrNO. The minimum absolute atomic E-state index is 0.521. The summed E-state index contributed by atoms with van der Waals surface area (Å²) >= 11 is 3.43. The molecule has 0 fully saturated rings. The van der Waals surface area contributed by atoms with Crippen LogP contribution in [0.25, 0.3) is 0 Å². The molecule has 0 aromatic heterocycles. The van der Waals surface area contributed by atoms with Crippen molar-refractivity contribution >= 4 is 21.6 Å². The third-order valence-corrected chi connectivity index (χ3v) is 3.81. The number of ether oxygens (including phenoxy) is 1. The van der Waals surface area contributed by atoms with Crippen LogP contribution >= 0.6 is 15.9 Å². The van der Waals surface area contributed by atoms with Crippen LogP contribution in [0.5, 0.6) is 5.75 Å². The average Bonchev–Trinajstić information content (AvgIpc) is 2.45. The second-order valence-electron chi connectivity index (χ2n) is 5.52. The van der Waals surface area contributed by atoms with Gasteiger partial charge >= 0.3 is 0 Å². The fourth-order valence-corrected chi connectivity index (χ4v) is 2.39. The molecule has 112 valence electrons. The molecule has 2 rings (SSSR count). The molecule has 21 heavy (non-hydrogen) atoms. The molecule has 0 spiro atoms. The third-order valence-electron chi connectivity index (χ3n) is 3.28. The molecule has 3 heteroatoms. The van der Waals surface area contributed by atoms with E-state index in [0.29, 0.717) is 12.5 Å². The molecule has 0 radical (unpaired) electrons. The van der Waals surface area contributed by atoms with Crippen LogP contribution in [-0.2, 0) is 0 Å². The summed E-state index contributed by atoms with van der Waals surface area (Å²) in [5, 5.41) is 3.35. The lowest BCUT2D eigenvalue weighted by Gasteiger charge is -2.12. The van der Waals surface area contributed by atoms with Crippen molar-refractivity contribution in [1.29, 1.82) is 0 Å². The Morgan fingerprint density at radius 3 is 2.48 bits per heavy atom. The van der Waals surface area contributed by atoms with E-state index in [0.717, 1.165) is 22.5 Å². The highest BCUT2D eigenvalue weighted by Crippen LogP contribution is 2.22. The van der Waals surface area contributed by atoms with E-state index < -0.39 is 0 Å². The van der Waals surface area contributed by atoms with Gasteiger partial charge in [0.2, 0.25) is 0 Å². The van der Waals surface area contributed by atoms with Crippen molar-refractivity contribution in [3.05, 3.63) is 58.1 Å². The molecule has 0 aliphatic heterocycles. The number of aryl methyl sites for hydroxylation is 1. The summed E-state index contributed by atoms with van der Waals surface area (Å²) in [6.07, 6.45) is 0. The van der Waals surface area contributed by atoms with E-state index in [2.05, 4.69) is 60.2 Å². The summed E-state index contributed by atoms with van der Waals surface area (Å²) in [5.74, 6) is 1.48. The number of rotatable bonds is 6. The molecular weight excluding hydrogens is 326 g/mol. The summed E-state index contributed by atoms with van der Waals surface area (Å²) in [6.45, 7) is 7.95. The predicted octanol–water partition coefficient (Wildman–Crippen LogP) is 5.37. The van der Waals surface area contributed by atoms with Crippen LogP contribution < -0.4 is 10.1 Å². The van der Waals surface area contributed by atoms with Crippen molar-refractivity contribution in [2.24, 2.45) is 0 Å². The van der Waals surface area contributed by atoms with Gasteiger partial charge in [-0.3, -0.25) is 0 Å². The van der Waals surface area contributed by atoms with Gasteiger partial charge in [0.25, 0.3) is 0 Å². The maximum absolute atomic E-state index is 5.85. The first-order valence-corrected chi connectivity index (χ1v) is 8.08. The van der Waals surface area contributed by atoms with Gasteiger partial charge in [-0.1, -0.05) is 35.8 Å². The second-order valence-corrected chi connectivity index (χ2v) is 6.43. The van der Waals surface area contributed by atoms with Gasteiger partial charge < -0.3 is 10.1 Å². The number of benzene rings is 2. The van der Waals surface area contributed by atoms with Gasteiger partial charge in [0.1, 0.15) is 12.4 Å². The summed E-state index contributed by atoms with van der Waals surface area (Å²) in [4.78, 5) is 0. The number of hydrogen-bond acceptors (Lipinski definition) is 2. The van der Waals surface area contributed by atoms with Crippen molar-refractivity contribution in [3.8, 4) is 5.75 Å². The highest BCUT2D eigenvalue weighted by atomic mass is 79.9. The lowest BCUT2D eigenvalue weighted by Crippen LogP contribution is -2.11. The molecule has 2 aromatic carbocycles. The van der Waals surface area contributed by atoms with Gasteiger partial charge in [0.05, 0.1) is 0 Å². The Bertz CT molecular complexity index is 578. The Morgan fingerprint density at radius 1 is 1.10 bits per heavy atom. The topological polar surface area (TPSA) is 21.3 Å². The van der Waals surface area contributed by atoms with E-state index in [1.807, 2.05) is 24.3 Å². The minimum atomic E-state index is 0.521. The molecule has 0 unspecified atom stereocenters. The smallest absolute Gasteiger partial charge is 0.119 e. The van der Waals surface area contributed by atoms with Crippen LogP contribution in [0.2, 0.25) is 0 Å². The van der Waals surface area contributed by atoms with Gasteiger partial charge in [-0.25, -0.2) is 0 Å². The van der Waals surface area contributed by atoms with E-state index in [1.165, 1.54) is 11.1 Å². The van der Waals surface area contributed by atoms with Crippen LogP contribution in [0.1, 0.15) is 30.9 Å². The summed E-state index contributed by atoms with van der Waals surface area (Å²) in [6, 6.07) is 14.6. The van der Waals surface area contributed by atoms with E-state index in [-0.39, 0.29) is 0 Å². The highest BCUT2D eigenvalue weighted by molar-refractivity contribution is 9.10. The largest absolute Gasteiger partial charge is 0.492 e. The van der Waals surface area contributed by atoms with Crippen molar-refractivity contribution in [2.45, 2.75) is 26.7 Å². The Balaban J connectivity index is 1.84. The first-order chi connectivity index (χ1) is 10.0. The van der Waals surface area contributed by atoms with Gasteiger partial charge in [-0.2, -0.15) is 0 Å². The quantitative estimate of drug-likeness (QED) is 0.709. The monoisotopic (exact) mass is 347 g/mol. The zero-order chi connectivity index (χ0) is 15.2. The molecule has 0 saturated heterocycles. The average molecular weight is 348 g/mol. The first kappa shape index (κ1) is 15.9. The number of halogens is 1. The summed E-state index contributed by atoms with van der Waals surface area (Å²) < 4.78 is 6.94. The van der Waals surface area contributed by atoms with Crippen molar-refractivity contribution < 1.29 is 4.74 Å². The Labute approximate surface area is 135 Å². The molecule has 1 N–H and O–H groups in total. The van der Waals surface area contributed by atoms with Crippen LogP contribution in [0.15, 0.2) is 46.9 Å². The van der Waals surface area contributed by atoms with E-state index in [9.17, 15) is 0 Å². The van der Waals surface area contributed by atoms with Crippen LogP contribution in [0.4, 0.5) is 5.69 Å². The van der Waals surface area contributed by atoms with Gasteiger partial charge in [-0.15, -0.1) is 0 Å². The molecule has 0 aliphatic carbocycles. The SMILES string of the molecule is Cc1cc(OCCNc2ccc(Br)cc2)cc(C(C)C)c1. The Hall–Kier alpha value is -1.48. The molecule has 0 heterocycles. The zero-order valence-corrected chi connectivity index (χ0v) is 14.4. The van der Waals surface area contributed by atoms with Crippen LogP contribution in [-0.4, -0.2) is 13.2 Å². The molecule has 0 bridgehead atoms. The van der Waals surface area contributed by atoms with Crippen molar-refractivity contribution in [1.82, 2.24) is 0 Å². The number of hydrogen-bond donors (Lipinski definition) is 1. The minimum Gasteiger partial charge on any atom is -0.492 e. The maximum Gasteiger partial charge on any atom is 0.119 e. The second kappa shape index (κ2) is 7.51. The fraction of sp³-hybridized carbons (Fsp3) is 0.333. The third kappa shape index (κ3) is 5.09. The predicted molar refractivity (Wildman–Crippen MR) is 93.4 cm³/mol. The maximum atomic E-state index is 5.85. The van der Waals surface area contributed by atoms with Gasteiger partial charge in [0, 0.05) is 16.7 Å². The fourth-order valence-electron chi connectivity index (χ4n) is 2.13. The number of nitrogens with one attached hydrogen (secondary N) is 1. The van der Waals surface area contributed by atoms with Crippen molar-refractivity contribution in [3.63, 3.8) is 0 Å². The van der Waals surface area contributed by atoms with Crippen LogP contribution in [0.3, 0.4) is 0 Å². The molecule has 0 saturated carbocycles. The standard InChI is InChI=1S/C18H22BrNO/c1-13(2)15-10-14(3)11-18(12-15)21-9-8-20-17-6-4-16(19)5-7-17/h4-7,10-13,20H,8-9H2,1-3H3. The lowest BCUT2D eigenvalue weighted by molar-refractivity contribution is 0.332. The Kier molecular flexibility index (Phi) is 5.68. The van der Waals surface area contributed by atoms with Gasteiger partial charge in [0.15, 0.2) is 0 Å². The lowest BCUT2D eigenvalue weighted by atomic mass is 10.0. The molecule has 2 nitrogen and oxygen atoms in total. The van der Waals surface area contributed by atoms with E-state index in [1.54, 1.807) is 0 Å². The van der Waals surface area contributed by atoms with Crippen LogP contribution in [0, 0.1) is 6.92 Å².